The van der Waals surface area contributed by atoms with Crippen LogP contribution in [0.2, 0.25) is 0 Å². The van der Waals surface area contributed by atoms with Gasteiger partial charge in [-0.15, -0.1) is 0 Å². The number of carbonyl (C=O) groups is 1. The van der Waals surface area contributed by atoms with Gasteiger partial charge in [-0.3, -0.25) is 9.89 Å². The van der Waals surface area contributed by atoms with E-state index in [0.717, 1.165) is 0 Å². The van der Waals surface area contributed by atoms with Crippen LogP contribution in [0.4, 0.5) is 18.0 Å². The molecule has 0 saturated heterocycles. The van der Waals surface area contributed by atoms with E-state index in [1.165, 1.54) is 4.90 Å². The lowest BCUT2D eigenvalue weighted by molar-refractivity contribution is -0.201. The number of nitrogens with one attached hydrogen (secondary N) is 1. The summed E-state index contributed by atoms with van der Waals surface area (Å²) in [5.41, 5.74) is -0.647. The first kappa shape index (κ1) is 17.5. The minimum Gasteiger partial charge on any atom is -0.444 e. The van der Waals surface area contributed by atoms with Crippen molar-refractivity contribution in [3.05, 3.63) is 0 Å². The maximum atomic E-state index is 12.2. The Morgan fingerprint density at radius 3 is 2.62 bits per heavy atom. The summed E-state index contributed by atoms with van der Waals surface area (Å²) in [6, 6.07) is 0. The lowest BCUT2D eigenvalue weighted by Crippen LogP contribution is -2.49. The monoisotopic (exact) mass is 311 g/mol. The molecule has 122 valence electrons. The van der Waals surface area contributed by atoms with Gasteiger partial charge in [0.2, 0.25) is 0 Å². The second-order valence-corrected chi connectivity index (χ2v) is 5.67. The molecule has 2 N–H and O–H groups in total. The molecule has 0 aliphatic carbocycles. The van der Waals surface area contributed by atoms with Gasteiger partial charge in [0, 0.05) is 6.54 Å². The number of carbonyl (C=O) groups excluding carboxylic acids is 1. The number of hydrogen-bond donors (Lipinski definition) is 2. The molecule has 1 aliphatic heterocycles. The van der Waals surface area contributed by atoms with Gasteiger partial charge in [0.05, 0.1) is 19.6 Å². The van der Waals surface area contributed by atoms with Gasteiger partial charge in [-0.05, 0) is 20.8 Å². The zero-order valence-electron chi connectivity index (χ0n) is 12.2. The normalized spacial score (nSPS) is 18.0. The van der Waals surface area contributed by atoms with Crippen LogP contribution in [0.1, 0.15) is 20.8 Å². The van der Waals surface area contributed by atoms with Crippen LogP contribution in [0.5, 0.6) is 0 Å². The highest BCUT2D eigenvalue weighted by Gasteiger charge is 2.38. The van der Waals surface area contributed by atoms with Gasteiger partial charge in [0.15, 0.2) is 6.10 Å². The van der Waals surface area contributed by atoms with Gasteiger partial charge in [-0.25, -0.2) is 4.79 Å². The summed E-state index contributed by atoms with van der Waals surface area (Å²) in [7, 11) is 0. The molecule has 0 aromatic carbocycles. The zero-order chi connectivity index (χ0) is 16.3. The third-order valence-corrected chi connectivity index (χ3v) is 2.54. The topological polar surface area (TPSA) is 74.2 Å². The molecule has 0 fully saturated rings. The highest BCUT2D eigenvalue weighted by Crippen LogP contribution is 2.19. The molecule has 0 saturated carbocycles. The van der Waals surface area contributed by atoms with E-state index in [1.54, 1.807) is 20.8 Å². The molecule has 0 aromatic heterocycles. The van der Waals surface area contributed by atoms with E-state index in [1.807, 2.05) is 0 Å². The summed E-state index contributed by atoms with van der Waals surface area (Å²) >= 11 is 0. The molecule has 9 heteroatoms. The number of ether oxygens (including phenoxy) is 1. The van der Waals surface area contributed by atoms with Crippen molar-refractivity contribution >= 4 is 11.9 Å². The molecule has 0 bridgehead atoms. The van der Waals surface area contributed by atoms with Crippen molar-refractivity contribution in [2.75, 3.05) is 26.2 Å². The third-order valence-electron chi connectivity index (χ3n) is 2.54. The average Bonchev–Trinajstić information content (AvgIpc) is 2.33. The number of aliphatic imine (C=N–C) groups is 1. The Morgan fingerprint density at radius 2 is 2.10 bits per heavy atom. The van der Waals surface area contributed by atoms with Crippen molar-refractivity contribution < 1.29 is 27.8 Å². The number of amidine groups is 1. The highest BCUT2D eigenvalue weighted by molar-refractivity contribution is 5.87. The number of aliphatic hydroxyl groups excluding tert-OH is 1. The van der Waals surface area contributed by atoms with Crippen molar-refractivity contribution in [2.45, 2.75) is 38.7 Å². The molecule has 1 atom stereocenters. The van der Waals surface area contributed by atoms with Crippen LogP contribution in [0.25, 0.3) is 0 Å². The van der Waals surface area contributed by atoms with Crippen molar-refractivity contribution in [1.29, 1.82) is 0 Å². The Kier molecular flexibility index (Phi) is 5.43. The lowest BCUT2D eigenvalue weighted by Gasteiger charge is -2.30. The van der Waals surface area contributed by atoms with Crippen molar-refractivity contribution in [3.63, 3.8) is 0 Å². The van der Waals surface area contributed by atoms with Gasteiger partial charge in [-0.2, -0.15) is 13.2 Å². The fraction of sp³-hybridized carbons (Fsp3) is 0.833. The van der Waals surface area contributed by atoms with Gasteiger partial charge >= 0.3 is 12.3 Å². The van der Waals surface area contributed by atoms with Crippen molar-refractivity contribution in [1.82, 2.24) is 10.2 Å². The predicted octanol–water partition coefficient (Wildman–Crippen LogP) is 1.15. The third kappa shape index (κ3) is 6.19. The minimum absolute atomic E-state index is 0.0273. The van der Waals surface area contributed by atoms with E-state index in [0.29, 0.717) is 6.54 Å². The van der Waals surface area contributed by atoms with Gasteiger partial charge in [-0.1, -0.05) is 0 Å². The molecule has 1 aliphatic rings. The first-order valence-electron chi connectivity index (χ1n) is 6.49. The molecule has 0 spiro atoms. The number of alkyl halides is 3. The Bertz CT molecular complexity index is 405. The summed E-state index contributed by atoms with van der Waals surface area (Å²) in [6.45, 7) is 5.10. The van der Waals surface area contributed by atoms with Gasteiger partial charge in [0.25, 0.3) is 0 Å². The van der Waals surface area contributed by atoms with E-state index in [4.69, 9.17) is 9.84 Å². The van der Waals surface area contributed by atoms with Crippen LogP contribution < -0.4 is 5.32 Å². The van der Waals surface area contributed by atoms with Gasteiger partial charge in [0.1, 0.15) is 11.4 Å². The molecular weight excluding hydrogens is 291 g/mol. The number of rotatable bonds is 2. The molecule has 1 unspecified atom stereocenters. The quantitative estimate of drug-likeness (QED) is 0.802. The van der Waals surface area contributed by atoms with Crippen LogP contribution in [0.3, 0.4) is 0 Å². The summed E-state index contributed by atoms with van der Waals surface area (Å²) in [4.78, 5) is 17.2. The largest absolute Gasteiger partial charge is 0.444 e. The summed E-state index contributed by atoms with van der Waals surface area (Å²) in [6.07, 6.45) is -7.71. The second kappa shape index (κ2) is 6.50. The first-order chi connectivity index (χ1) is 9.49. The maximum Gasteiger partial charge on any atom is 0.416 e. The van der Waals surface area contributed by atoms with E-state index in [2.05, 4.69) is 10.3 Å². The van der Waals surface area contributed by atoms with Crippen LogP contribution >= 0.6 is 0 Å². The highest BCUT2D eigenvalue weighted by atomic mass is 19.4. The van der Waals surface area contributed by atoms with Crippen molar-refractivity contribution in [3.8, 4) is 0 Å². The summed E-state index contributed by atoms with van der Waals surface area (Å²) in [5, 5.41) is 11.3. The molecule has 0 radical (unpaired) electrons. The molecular formula is C12H20F3N3O3. The Hall–Kier alpha value is -1.51. The number of halogens is 3. The van der Waals surface area contributed by atoms with Crippen molar-refractivity contribution in [2.24, 2.45) is 4.99 Å². The summed E-state index contributed by atoms with van der Waals surface area (Å²) < 4.78 is 41.7. The first-order valence-corrected chi connectivity index (χ1v) is 6.49. The Labute approximate surface area is 121 Å². The lowest BCUT2D eigenvalue weighted by atomic mass is 10.2. The molecule has 6 nitrogen and oxygen atoms in total. The number of amides is 1. The van der Waals surface area contributed by atoms with Crippen LogP contribution in [-0.4, -0.2) is 66.0 Å². The van der Waals surface area contributed by atoms with Crippen LogP contribution in [-0.2, 0) is 4.74 Å². The van der Waals surface area contributed by atoms with Crippen LogP contribution in [0.15, 0.2) is 4.99 Å². The Balaban J connectivity index is 2.49. The van der Waals surface area contributed by atoms with E-state index < -0.39 is 30.5 Å². The fourth-order valence-electron chi connectivity index (χ4n) is 1.54. The SMILES string of the molecule is CC(C)(C)OC(=O)N1CCN=C(NCC(O)C(F)(F)F)C1. The molecule has 1 amide bonds. The predicted molar refractivity (Wildman–Crippen MR) is 70.2 cm³/mol. The van der Waals surface area contributed by atoms with E-state index >= 15 is 0 Å². The van der Waals surface area contributed by atoms with E-state index in [9.17, 15) is 18.0 Å². The minimum atomic E-state index is -4.69. The molecule has 1 heterocycles. The van der Waals surface area contributed by atoms with Gasteiger partial charge < -0.3 is 15.2 Å². The zero-order valence-corrected chi connectivity index (χ0v) is 12.2. The smallest absolute Gasteiger partial charge is 0.416 e. The summed E-state index contributed by atoms with van der Waals surface area (Å²) in [5.74, 6) is 0.218. The number of aliphatic hydroxyl groups is 1. The Morgan fingerprint density at radius 1 is 1.48 bits per heavy atom. The molecule has 0 aromatic rings. The standard InChI is InChI=1S/C12H20F3N3O3/c1-11(2,3)21-10(20)18-5-4-16-9(7-18)17-6-8(19)12(13,14)15/h8,19H,4-7H2,1-3H3,(H,16,17). The maximum absolute atomic E-state index is 12.2. The number of hydrogen-bond acceptors (Lipinski definition) is 5. The van der Waals surface area contributed by atoms with E-state index in [-0.39, 0.29) is 18.9 Å². The molecule has 21 heavy (non-hydrogen) atoms. The fourth-order valence-corrected chi connectivity index (χ4v) is 1.54. The van der Waals surface area contributed by atoms with Crippen LogP contribution in [0, 0.1) is 0 Å². The average molecular weight is 311 g/mol. The number of nitrogens with zero attached hydrogens (tertiary/aromatic N) is 2. The second-order valence-electron chi connectivity index (χ2n) is 5.67. The molecule has 1 rings (SSSR count).